The molecule has 0 unspecified atom stereocenters. The Morgan fingerprint density at radius 1 is 1.00 bits per heavy atom. The predicted octanol–water partition coefficient (Wildman–Crippen LogP) is 5.70. The van der Waals surface area contributed by atoms with Crippen LogP contribution in [0.25, 0.3) is 10.6 Å². The minimum absolute atomic E-state index is 0.291. The Bertz CT molecular complexity index is 1190. The number of halogens is 1. The van der Waals surface area contributed by atoms with Crippen molar-refractivity contribution in [3.05, 3.63) is 88.9 Å². The van der Waals surface area contributed by atoms with E-state index in [4.69, 9.17) is 21.1 Å². The van der Waals surface area contributed by atoms with Gasteiger partial charge in [-0.25, -0.2) is 0 Å². The molecular weight excluding hydrogens is 434 g/mol. The predicted molar refractivity (Wildman–Crippen MR) is 122 cm³/mol. The van der Waals surface area contributed by atoms with E-state index in [0.29, 0.717) is 33.1 Å². The van der Waals surface area contributed by atoms with Crippen LogP contribution in [0.3, 0.4) is 0 Å². The molecule has 0 fully saturated rings. The number of hydrogen-bond acceptors (Lipinski definition) is 6. The quantitative estimate of drug-likeness (QED) is 0.390. The molecule has 0 bridgehead atoms. The van der Waals surface area contributed by atoms with E-state index in [-0.39, 0.29) is 5.91 Å². The lowest BCUT2D eigenvalue weighted by molar-refractivity contribution is 0.102. The lowest BCUT2D eigenvalue weighted by Crippen LogP contribution is -2.11. The Kier molecular flexibility index (Phi) is 6.45. The van der Waals surface area contributed by atoms with E-state index in [2.05, 4.69) is 15.5 Å². The maximum absolute atomic E-state index is 12.7. The van der Waals surface area contributed by atoms with E-state index in [0.717, 1.165) is 16.9 Å². The standard InChI is InChI=1S/C23H18ClN3O3S/c1-29-18-11-9-15(10-12-18)22-26-27-23(31-22)25-21(28)16-6-4-7-19(13-16)30-14-17-5-2-3-8-20(17)24/h2-13H,14H2,1H3,(H,25,27,28). The van der Waals surface area contributed by atoms with Crippen LogP contribution in [0.15, 0.2) is 72.8 Å². The zero-order chi connectivity index (χ0) is 21.6. The normalized spacial score (nSPS) is 10.5. The average Bonchev–Trinajstić information content (AvgIpc) is 3.27. The molecule has 0 radical (unpaired) electrons. The third-order valence-electron chi connectivity index (χ3n) is 4.43. The monoisotopic (exact) mass is 451 g/mol. The number of nitrogens with zero attached hydrogens (tertiary/aromatic N) is 2. The van der Waals surface area contributed by atoms with Crippen LogP contribution < -0.4 is 14.8 Å². The first-order chi connectivity index (χ1) is 15.1. The van der Waals surface area contributed by atoms with Gasteiger partial charge >= 0.3 is 0 Å². The first-order valence-corrected chi connectivity index (χ1v) is 10.6. The van der Waals surface area contributed by atoms with E-state index < -0.39 is 0 Å². The van der Waals surface area contributed by atoms with Crippen molar-refractivity contribution in [3.63, 3.8) is 0 Å². The van der Waals surface area contributed by atoms with Crippen LogP contribution in [0.1, 0.15) is 15.9 Å². The molecule has 8 heteroatoms. The van der Waals surface area contributed by atoms with Crippen LogP contribution in [0.2, 0.25) is 5.02 Å². The van der Waals surface area contributed by atoms with E-state index in [1.807, 2.05) is 48.5 Å². The highest BCUT2D eigenvalue weighted by Crippen LogP contribution is 2.28. The lowest BCUT2D eigenvalue weighted by Gasteiger charge is -2.09. The van der Waals surface area contributed by atoms with Gasteiger partial charge in [-0.3, -0.25) is 10.1 Å². The molecule has 1 amide bonds. The summed E-state index contributed by atoms with van der Waals surface area (Å²) in [6, 6.07) is 21.9. The molecule has 156 valence electrons. The molecule has 4 aromatic rings. The SMILES string of the molecule is COc1ccc(-c2nnc(NC(=O)c3cccc(OCc4ccccc4Cl)c3)s2)cc1. The molecule has 1 N–H and O–H groups in total. The number of methoxy groups -OCH3 is 1. The van der Waals surface area contributed by atoms with Gasteiger partial charge in [-0.05, 0) is 48.5 Å². The third kappa shape index (κ3) is 5.20. The molecule has 0 aliphatic rings. The summed E-state index contributed by atoms with van der Waals surface area (Å²) in [5.41, 5.74) is 2.23. The highest BCUT2D eigenvalue weighted by molar-refractivity contribution is 7.18. The third-order valence-corrected chi connectivity index (χ3v) is 5.69. The molecular formula is C23H18ClN3O3S. The van der Waals surface area contributed by atoms with Gasteiger partial charge in [0.05, 0.1) is 7.11 Å². The van der Waals surface area contributed by atoms with Crippen LogP contribution in [-0.2, 0) is 6.61 Å². The molecule has 3 aromatic carbocycles. The molecule has 0 saturated carbocycles. The number of amides is 1. The molecule has 0 aliphatic heterocycles. The first-order valence-electron chi connectivity index (χ1n) is 9.38. The van der Waals surface area contributed by atoms with Gasteiger partial charge in [0.1, 0.15) is 23.1 Å². The van der Waals surface area contributed by atoms with Gasteiger partial charge in [0.2, 0.25) is 5.13 Å². The number of carbonyl (C=O) groups is 1. The Morgan fingerprint density at radius 3 is 2.58 bits per heavy atom. The van der Waals surface area contributed by atoms with Gasteiger partial charge in [-0.2, -0.15) is 0 Å². The van der Waals surface area contributed by atoms with E-state index in [9.17, 15) is 4.79 Å². The number of hydrogen-bond donors (Lipinski definition) is 1. The summed E-state index contributed by atoms with van der Waals surface area (Å²) in [7, 11) is 1.62. The minimum Gasteiger partial charge on any atom is -0.497 e. The zero-order valence-corrected chi connectivity index (χ0v) is 18.1. The summed E-state index contributed by atoms with van der Waals surface area (Å²) < 4.78 is 11.0. The summed E-state index contributed by atoms with van der Waals surface area (Å²) in [5, 5.41) is 12.8. The van der Waals surface area contributed by atoms with Crippen molar-refractivity contribution < 1.29 is 14.3 Å². The smallest absolute Gasteiger partial charge is 0.257 e. The Labute approximate surface area is 188 Å². The Hall–Kier alpha value is -3.42. The molecule has 31 heavy (non-hydrogen) atoms. The maximum atomic E-state index is 12.7. The van der Waals surface area contributed by atoms with Gasteiger partial charge in [0, 0.05) is 21.7 Å². The fourth-order valence-corrected chi connectivity index (χ4v) is 3.73. The van der Waals surface area contributed by atoms with Gasteiger partial charge in [-0.1, -0.05) is 47.2 Å². The van der Waals surface area contributed by atoms with Crippen LogP contribution in [-0.4, -0.2) is 23.2 Å². The average molecular weight is 452 g/mol. The highest BCUT2D eigenvalue weighted by Gasteiger charge is 2.12. The van der Waals surface area contributed by atoms with Crippen molar-refractivity contribution in [2.45, 2.75) is 6.61 Å². The summed E-state index contributed by atoms with van der Waals surface area (Å²) in [6.07, 6.45) is 0. The second kappa shape index (κ2) is 9.59. The van der Waals surface area contributed by atoms with E-state index in [1.165, 1.54) is 11.3 Å². The first kappa shape index (κ1) is 20.8. The summed E-state index contributed by atoms with van der Waals surface area (Å²) in [5.74, 6) is 1.04. The zero-order valence-electron chi connectivity index (χ0n) is 16.5. The number of benzene rings is 3. The maximum Gasteiger partial charge on any atom is 0.257 e. The van der Waals surface area contributed by atoms with Crippen LogP contribution in [0.4, 0.5) is 5.13 Å². The van der Waals surface area contributed by atoms with Gasteiger partial charge in [-0.15, -0.1) is 10.2 Å². The second-order valence-corrected chi connectivity index (χ2v) is 7.89. The van der Waals surface area contributed by atoms with Crippen LogP contribution in [0, 0.1) is 0 Å². The number of ether oxygens (including phenoxy) is 2. The van der Waals surface area contributed by atoms with Crippen molar-refractivity contribution in [2.24, 2.45) is 0 Å². The molecule has 0 spiro atoms. The summed E-state index contributed by atoms with van der Waals surface area (Å²) >= 11 is 7.46. The summed E-state index contributed by atoms with van der Waals surface area (Å²) in [6.45, 7) is 0.312. The number of anilines is 1. The molecule has 4 rings (SSSR count). The minimum atomic E-state index is -0.291. The van der Waals surface area contributed by atoms with E-state index >= 15 is 0 Å². The lowest BCUT2D eigenvalue weighted by atomic mass is 10.2. The van der Waals surface area contributed by atoms with Gasteiger partial charge < -0.3 is 9.47 Å². The number of rotatable bonds is 7. The number of carbonyl (C=O) groups excluding carboxylic acids is 1. The highest BCUT2D eigenvalue weighted by atomic mass is 35.5. The molecule has 1 aromatic heterocycles. The Morgan fingerprint density at radius 2 is 1.81 bits per heavy atom. The van der Waals surface area contributed by atoms with Crippen molar-refractivity contribution in [1.82, 2.24) is 10.2 Å². The number of aromatic nitrogens is 2. The topological polar surface area (TPSA) is 73.3 Å². The fraction of sp³-hybridized carbons (Fsp3) is 0.0870. The molecule has 0 atom stereocenters. The van der Waals surface area contributed by atoms with Crippen molar-refractivity contribution >= 4 is 34.0 Å². The summed E-state index contributed by atoms with van der Waals surface area (Å²) in [4.78, 5) is 12.7. The molecule has 0 aliphatic carbocycles. The number of nitrogens with one attached hydrogen (secondary N) is 1. The van der Waals surface area contributed by atoms with Crippen molar-refractivity contribution in [1.29, 1.82) is 0 Å². The molecule has 1 heterocycles. The van der Waals surface area contributed by atoms with E-state index in [1.54, 1.807) is 31.4 Å². The largest absolute Gasteiger partial charge is 0.497 e. The van der Waals surface area contributed by atoms with Crippen molar-refractivity contribution in [2.75, 3.05) is 12.4 Å². The van der Waals surface area contributed by atoms with Gasteiger partial charge in [0.25, 0.3) is 5.91 Å². The molecule has 0 saturated heterocycles. The fourth-order valence-electron chi connectivity index (χ4n) is 2.80. The Balaban J connectivity index is 1.41. The molecule has 6 nitrogen and oxygen atoms in total. The van der Waals surface area contributed by atoms with Crippen LogP contribution >= 0.6 is 22.9 Å². The van der Waals surface area contributed by atoms with Crippen LogP contribution in [0.5, 0.6) is 11.5 Å². The van der Waals surface area contributed by atoms with Crippen molar-refractivity contribution in [3.8, 4) is 22.1 Å². The second-order valence-electron chi connectivity index (χ2n) is 6.50. The van der Waals surface area contributed by atoms with Gasteiger partial charge in [0.15, 0.2) is 0 Å².